The number of nitrogens with zero attached hydrogens (tertiary/aromatic N) is 1. The molecule has 1 spiro atoms. The number of aryl methyl sites for hydroxylation is 1. The van der Waals surface area contributed by atoms with E-state index in [4.69, 9.17) is 0 Å². The van der Waals surface area contributed by atoms with Crippen LogP contribution in [0.5, 0.6) is 0 Å². The molecule has 2 aromatic carbocycles. The fraction of sp³-hybridized carbons (Fsp3) is 0.400. The molecule has 2 aromatic rings. The highest BCUT2D eigenvalue weighted by Gasteiger charge is 2.55. The van der Waals surface area contributed by atoms with E-state index in [2.05, 4.69) is 38.3 Å². The summed E-state index contributed by atoms with van der Waals surface area (Å²) in [5.74, 6) is -0.270. The number of anilines is 1. The summed E-state index contributed by atoms with van der Waals surface area (Å²) < 4.78 is 0. The van der Waals surface area contributed by atoms with Crippen molar-refractivity contribution in [3.8, 4) is 0 Å². The van der Waals surface area contributed by atoms with E-state index in [0.717, 1.165) is 39.3 Å². The number of urea groups is 1. The normalized spacial score (nSPS) is 20.0. The minimum Gasteiger partial charge on any atom is -0.324 e. The van der Waals surface area contributed by atoms with Gasteiger partial charge in [0.15, 0.2) is 0 Å². The lowest BCUT2D eigenvalue weighted by molar-refractivity contribution is -0.134. The number of carbonyl (C=O) groups excluding carboxylic acids is 3. The number of hydrogen-bond donors (Lipinski definition) is 2. The van der Waals surface area contributed by atoms with E-state index in [1.54, 1.807) is 0 Å². The van der Waals surface area contributed by atoms with Crippen LogP contribution in [0.4, 0.5) is 10.5 Å². The third-order valence-corrected chi connectivity index (χ3v) is 6.36. The van der Waals surface area contributed by atoms with Gasteiger partial charge in [0.1, 0.15) is 12.1 Å². The van der Waals surface area contributed by atoms with Crippen LogP contribution in [0, 0.1) is 0 Å². The highest BCUT2D eigenvalue weighted by atomic mass is 16.2. The first-order valence-corrected chi connectivity index (χ1v) is 10.9. The van der Waals surface area contributed by atoms with Crippen LogP contribution in [-0.2, 0) is 21.5 Å². The summed E-state index contributed by atoms with van der Waals surface area (Å²) in [7, 11) is 0. The predicted octanol–water partition coefficient (Wildman–Crippen LogP) is 4.27. The third-order valence-electron chi connectivity index (χ3n) is 6.36. The molecule has 1 unspecified atom stereocenters. The zero-order valence-corrected chi connectivity index (χ0v) is 18.5. The molecule has 1 aliphatic heterocycles. The molecular formula is C25H29N3O3. The standard InChI is InChI=1S/C25H29N3O3/c1-15(2)18-9-7-10-19(16(3)4)22(18)26-21(29)14-28-23(30)25(27-24(28)31)13-12-17-8-5-6-11-20(17)25/h5-11,15-16H,12-14H2,1-4H3,(H,26,29)(H,27,31). The Morgan fingerprint density at radius 3 is 2.32 bits per heavy atom. The molecule has 4 rings (SSSR count). The molecule has 1 aliphatic carbocycles. The van der Waals surface area contributed by atoms with Gasteiger partial charge in [-0.3, -0.25) is 14.5 Å². The molecule has 1 saturated heterocycles. The van der Waals surface area contributed by atoms with Crippen molar-refractivity contribution in [2.75, 3.05) is 11.9 Å². The van der Waals surface area contributed by atoms with Crippen molar-refractivity contribution in [1.29, 1.82) is 0 Å². The highest BCUT2D eigenvalue weighted by Crippen LogP contribution is 2.41. The van der Waals surface area contributed by atoms with Gasteiger partial charge < -0.3 is 10.6 Å². The summed E-state index contributed by atoms with van der Waals surface area (Å²) in [6.07, 6.45) is 1.24. The maximum absolute atomic E-state index is 13.3. The highest BCUT2D eigenvalue weighted by molar-refractivity contribution is 6.11. The smallest absolute Gasteiger partial charge is 0.324 e. The quantitative estimate of drug-likeness (QED) is 0.711. The summed E-state index contributed by atoms with van der Waals surface area (Å²) >= 11 is 0. The third kappa shape index (κ3) is 3.50. The van der Waals surface area contributed by atoms with Crippen molar-refractivity contribution in [3.05, 3.63) is 64.7 Å². The zero-order chi connectivity index (χ0) is 22.3. The van der Waals surface area contributed by atoms with Crippen LogP contribution in [0.25, 0.3) is 0 Å². The lowest BCUT2D eigenvalue weighted by atomic mass is 9.92. The second-order valence-corrected chi connectivity index (χ2v) is 9.05. The van der Waals surface area contributed by atoms with Crippen molar-refractivity contribution < 1.29 is 14.4 Å². The fourth-order valence-corrected chi connectivity index (χ4v) is 4.75. The number of amides is 4. The van der Waals surface area contributed by atoms with Crippen LogP contribution < -0.4 is 10.6 Å². The molecule has 162 valence electrons. The molecule has 6 heteroatoms. The van der Waals surface area contributed by atoms with Gasteiger partial charge in [0.25, 0.3) is 5.91 Å². The monoisotopic (exact) mass is 419 g/mol. The van der Waals surface area contributed by atoms with Gasteiger partial charge in [-0.15, -0.1) is 0 Å². The molecule has 4 amide bonds. The van der Waals surface area contributed by atoms with E-state index in [1.165, 1.54) is 0 Å². The summed E-state index contributed by atoms with van der Waals surface area (Å²) in [5.41, 5.74) is 3.71. The molecular weight excluding hydrogens is 390 g/mol. The second-order valence-electron chi connectivity index (χ2n) is 9.05. The van der Waals surface area contributed by atoms with Crippen LogP contribution in [0.1, 0.15) is 68.2 Å². The molecule has 0 aromatic heterocycles. The number of rotatable bonds is 5. The van der Waals surface area contributed by atoms with E-state index >= 15 is 0 Å². The van der Waals surface area contributed by atoms with Gasteiger partial charge in [0.05, 0.1) is 0 Å². The number of para-hydroxylation sites is 1. The molecule has 2 aliphatic rings. The molecule has 6 nitrogen and oxygen atoms in total. The average Bonchev–Trinajstić information content (AvgIpc) is 3.21. The Balaban J connectivity index is 1.57. The van der Waals surface area contributed by atoms with Crippen LogP contribution in [0.2, 0.25) is 0 Å². The average molecular weight is 420 g/mol. The van der Waals surface area contributed by atoms with Crippen molar-refractivity contribution in [1.82, 2.24) is 10.2 Å². The summed E-state index contributed by atoms with van der Waals surface area (Å²) in [6.45, 7) is 8.00. The Hall–Kier alpha value is -3.15. The van der Waals surface area contributed by atoms with Crippen LogP contribution >= 0.6 is 0 Å². The van der Waals surface area contributed by atoms with Crippen LogP contribution in [0.15, 0.2) is 42.5 Å². The molecule has 0 saturated carbocycles. The van der Waals surface area contributed by atoms with Gasteiger partial charge in [0.2, 0.25) is 5.91 Å². The number of benzene rings is 2. The topological polar surface area (TPSA) is 78.5 Å². The summed E-state index contributed by atoms with van der Waals surface area (Å²) in [5, 5.41) is 5.87. The number of imide groups is 1. The zero-order valence-electron chi connectivity index (χ0n) is 18.5. The molecule has 31 heavy (non-hydrogen) atoms. The molecule has 0 bridgehead atoms. The Morgan fingerprint density at radius 2 is 1.68 bits per heavy atom. The van der Waals surface area contributed by atoms with Gasteiger partial charge in [-0.25, -0.2) is 4.79 Å². The first-order chi connectivity index (χ1) is 14.7. The minimum absolute atomic E-state index is 0.226. The molecule has 0 radical (unpaired) electrons. The van der Waals surface area contributed by atoms with Gasteiger partial charge in [0, 0.05) is 5.69 Å². The van der Waals surface area contributed by atoms with Crippen molar-refractivity contribution in [2.24, 2.45) is 0 Å². The van der Waals surface area contributed by atoms with E-state index in [1.807, 2.05) is 42.5 Å². The van der Waals surface area contributed by atoms with Gasteiger partial charge in [-0.2, -0.15) is 0 Å². The van der Waals surface area contributed by atoms with Crippen LogP contribution in [-0.4, -0.2) is 29.3 Å². The Morgan fingerprint density at radius 1 is 1.03 bits per heavy atom. The largest absolute Gasteiger partial charge is 0.325 e. The fourth-order valence-electron chi connectivity index (χ4n) is 4.75. The first-order valence-electron chi connectivity index (χ1n) is 10.9. The van der Waals surface area contributed by atoms with E-state index < -0.39 is 11.6 Å². The summed E-state index contributed by atoms with van der Waals surface area (Å²) in [4.78, 5) is 40.0. The van der Waals surface area contributed by atoms with Crippen molar-refractivity contribution in [2.45, 2.75) is 57.9 Å². The predicted molar refractivity (Wildman–Crippen MR) is 120 cm³/mol. The number of carbonyl (C=O) groups is 3. The number of hydrogen-bond acceptors (Lipinski definition) is 3. The lowest BCUT2D eigenvalue weighted by Gasteiger charge is -2.23. The second kappa shape index (κ2) is 7.84. The Kier molecular flexibility index (Phi) is 5.33. The summed E-state index contributed by atoms with van der Waals surface area (Å²) in [6, 6.07) is 13.2. The van der Waals surface area contributed by atoms with Crippen molar-refractivity contribution >= 4 is 23.5 Å². The van der Waals surface area contributed by atoms with Gasteiger partial charge in [-0.1, -0.05) is 70.2 Å². The Bertz CT molecular complexity index is 1030. The molecule has 2 N–H and O–H groups in total. The van der Waals surface area contributed by atoms with E-state index in [-0.39, 0.29) is 30.2 Å². The van der Waals surface area contributed by atoms with Crippen molar-refractivity contribution in [3.63, 3.8) is 0 Å². The molecule has 1 fully saturated rings. The minimum atomic E-state index is -1.05. The number of fused-ring (bicyclic) bond motifs is 2. The van der Waals surface area contributed by atoms with Gasteiger partial charge in [-0.05, 0) is 46.9 Å². The maximum atomic E-state index is 13.3. The SMILES string of the molecule is CC(C)c1cccc(C(C)C)c1NC(=O)CN1C(=O)NC2(CCc3ccccc32)C1=O. The number of nitrogens with one attached hydrogen (secondary N) is 2. The molecule has 1 heterocycles. The molecule has 1 atom stereocenters. The van der Waals surface area contributed by atoms with Crippen LogP contribution in [0.3, 0.4) is 0 Å². The Labute approximate surface area is 183 Å². The van der Waals surface area contributed by atoms with E-state index in [0.29, 0.717) is 6.42 Å². The first kappa shape index (κ1) is 21.1. The van der Waals surface area contributed by atoms with E-state index in [9.17, 15) is 14.4 Å². The lowest BCUT2D eigenvalue weighted by Crippen LogP contribution is -2.43. The maximum Gasteiger partial charge on any atom is 0.325 e. The van der Waals surface area contributed by atoms with Gasteiger partial charge >= 0.3 is 6.03 Å².